The topological polar surface area (TPSA) is 122 Å². The minimum absolute atomic E-state index is 0. The summed E-state index contributed by atoms with van der Waals surface area (Å²) in [6, 6.07) is 8.41. The number of hydrogen-bond acceptors (Lipinski definition) is 5. The molecule has 0 aliphatic carbocycles. The summed E-state index contributed by atoms with van der Waals surface area (Å²) in [5, 5.41) is 37.2. The quantitative estimate of drug-likeness (QED) is 0.674. The summed E-state index contributed by atoms with van der Waals surface area (Å²) in [5.74, 6) is -0.135. The van der Waals surface area contributed by atoms with E-state index in [1.54, 1.807) is 0 Å². The van der Waals surface area contributed by atoms with Gasteiger partial charge >= 0.3 is 0 Å². The van der Waals surface area contributed by atoms with Crippen molar-refractivity contribution in [3.63, 3.8) is 0 Å². The first-order valence-corrected chi connectivity index (χ1v) is 5.64. The van der Waals surface area contributed by atoms with Crippen LogP contribution in [0.4, 0.5) is 0 Å². The van der Waals surface area contributed by atoms with E-state index in [0.717, 1.165) is 0 Å². The normalized spacial score (nSPS) is 10.0. The van der Waals surface area contributed by atoms with Crippen molar-refractivity contribution in [1.82, 2.24) is 0 Å². The van der Waals surface area contributed by atoms with Crippen molar-refractivity contribution in [2.24, 2.45) is 0 Å². The Balaban J connectivity index is 0.00000200. The van der Waals surface area contributed by atoms with Crippen LogP contribution in [0.2, 0.25) is 0 Å². The van der Waals surface area contributed by atoms with Crippen molar-refractivity contribution >= 4 is 0 Å². The molecule has 2 rings (SSSR count). The lowest BCUT2D eigenvalue weighted by Gasteiger charge is -2.07. The zero-order valence-electron chi connectivity index (χ0n) is 10.6. The molecule has 0 aromatic heterocycles. The van der Waals surface area contributed by atoms with Crippen LogP contribution in [0.3, 0.4) is 0 Å². The summed E-state index contributed by atoms with van der Waals surface area (Å²) in [5.41, 5.74) is 1.25. The highest BCUT2D eigenvalue weighted by atomic mass is 16.5. The number of rotatable bonds is 4. The third-order valence-electron chi connectivity index (χ3n) is 2.46. The molecular formula is C14H16O6. The lowest BCUT2D eigenvalue weighted by Crippen LogP contribution is -1.94. The molecule has 0 unspecified atom stereocenters. The number of ether oxygens (including phenoxy) is 1. The van der Waals surface area contributed by atoms with Crippen LogP contribution in [-0.4, -0.2) is 25.9 Å². The number of phenols is 4. The fourth-order valence-corrected chi connectivity index (χ4v) is 1.77. The molecule has 0 saturated carbocycles. The van der Waals surface area contributed by atoms with Gasteiger partial charge < -0.3 is 30.6 Å². The van der Waals surface area contributed by atoms with Gasteiger partial charge in [0, 0.05) is 12.1 Å². The second-order valence-corrected chi connectivity index (χ2v) is 4.21. The van der Waals surface area contributed by atoms with Crippen LogP contribution >= 0.6 is 0 Å². The third-order valence-corrected chi connectivity index (χ3v) is 2.46. The van der Waals surface area contributed by atoms with E-state index in [2.05, 4.69) is 0 Å². The average molecular weight is 280 g/mol. The maximum atomic E-state index is 9.30. The highest BCUT2D eigenvalue weighted by molar-refractivity contribution is 5.37. The maximum absolute atomic E-state index is 9.30. The van der Waals surface area contributed by atoms with Crippen molar-refractivity contribution in [2.45, 2.75) is 13.2 Å². The van der Waals surface area contributed by atoms with Crippen LogP contribution in [0.15, 0.2) is 36.4 Å². The Labute approximate surface area is 115 Å². The molecule has 0 fully saturated rings. The van der Waals surface area contributed by atoms with E-state index in [1.807, 2.05) is 0 Å². The van der Waals surface area contributed by atoms with E-state index >= 15 is 0 Å². The standard InChI is InChI=1S/C14H14O5.H2O/c15-11-1-9(2-12(16)5-11)7-19-8-10-3-13(17)6-14(18)4-10;/h1-6,15-18H,7-8H2;1H2. The molecule has 0 aliphatic rings. The molecular weight excluding hydrogens is 264 g/mol. The molecule has 0 saturated heterocycles. The van der Waals surface area contributed by atoms with Crippen molar-refractivity contribution in [2.75, 3.05) is 0 Å². The summed E-state index contributed by atoms with van der Waals surface area (Å²) in [6.07, 6.45) is 0. The Kier molecular flexibility index (Phi) is 5.19. The lowest BCUT2D eigenvalue weighted by molar-refractivity contribution is 0.106. The monoisotopic (exact) mass is 280 g/mol. The first kappa shape index (κ1) is 15.6. The fraction of sp³-hybridized carbons (Fsp3) is 0.143. The number of aromatic hydroxyl groups is 4. The van der Waals surface area contributed by atoms with Gasteiger partial charge in [-0.2, -0.15) is 0 Å². The van der Waals surface area contributed by atoms with Crippen LogP contribution in [0.1, 0.15) is 11.1 Å². The van der Waals surface area contributed by atoms with Gasteiger partial charge in [-0.1, -0.05) is 0 Å². The number of phenolic OH excluding ortho intramolecular Hbond substituents is 4. The molecule has 0 bridgehead atoms. The fourth-order valence-electron chi connectivity index (χ4n) is 1.77. The zero-order chi connectivity index (χ0) is 13.8. The highest BCUT2D eigenvalue weighted by Crippen LogP contribution is 2.23. The van der Waals surface area contributed by atoms with Gasteiger partial charge in [0.05, 0.1) is 13.2 Å². The second kappa shape index (κ2) is 6.65. The molecule has 0 spiro atoms. The van der Waals surface area contributed by atoms with Crippen LogP contribution in [0, 0.1) is 0 Å². The van der Waals surface area contributed by atoms with Crippen molar-refractivity contribution in [3.8, 4) is 23.0 Å². The van der Waals surface area contributed by atoms with Crippen molar-refractivity contribution < 1.29 is 30.6 Å². The Bertz CT molecular complexity index is 490. The summed E-state index contributed by atoms with van der Waals surface area (Å²) >= 11 is 0. The van der Waals surface area contributed by atoms with Crippen LogP contribution in [0.25, 0.3) is 0 Å². The third kappa shape index (κ3) is 4.34. The van der Waals surface area contributed by atoms with E-state index in [1.165, 1.54) is 36.4 Å². The van der Waals surface area contributed by atoms with Crippen LogP contribution in [0.5, 0.6) is 23.0 Å². The average Bonchev–Trinajstić information content (AvgIpc) is 2.26. The molecule has 108 valence electrons. The summed E-state index contributed by atoms with van der Waals surface area (Å²) < 4.78 is 5.38. The second-order valence-electron chi connectivity index (χ2n) is 4.21. The molecule has 0 aliphatic heterocycles. The predicted octanol–water partition coefficient (Wildman–Crippen LogP) is 1.40. The highest BCUT2D eigenvalue weighted by Gasteiger charge is 2.02. The minimum Gasteiger partial charge on any atom is -0.508 e. The number of hydrogen-bond donors (Lipinski definition) is 4. The Hall–Kier alpha value is -2.44. The molecule has 6 nitrogen and oxygen atoms in total. The molecule has 0 amide bonds. The van der Waals surface area contributed by atoms with Gasteiger partial charge in [0.2, 0.25) is 0 Å². The van der Waals surface area contributed by atoms with Gasteiger partial charge in [-0.25, -0.2) is 0 Å². The molecule has 20 heavy (non-hydrogen) atoms. The smallest absolute Gasteiger partial charge is 0.119 e. The maximum Gasteiger partial charge on any atom is 0.119 e. The molecule has 0 radical (unpaired) electrons. The van der Waals surface area contributed by atoms with Crippen molar-refractivity contribution in [3.05, 3.63) is 47.5 Å². The van der Waals surface area contributed by atoms with E-state index in [-0.39, 0.29) is 41.7 Å². The largest absolute Gasteiger partial charge is 0.508 e. The van der Waals surface area contributed by atoms with Crippen LogP contribution < -0.4 is 0 Å². The Morgan fingerprint density at radius 1 is 0.600 bits per heavy atom. The van der Waals surface area contributed by atoms with E-state index < -0.39 is 0 Å². The van der Waals surface area contributed by atoms with E-state index in [4.69, 9.17) is 4.74 Å². The minimum atomic E-state index is -0.0337. The molecule has 0 atom stereocenters. The Morgan fingerprint density at radius 2 is 0.900 bits per heavy atom. The number of benzene rings is 2. The van der Waals surface area contributed by atoms with Crippen molar-refractivity contribution in [1.29, 1.82) is 0 Å². The first-order valence-electron chi connectivity index (χ1n) is 5.64. The summed E-state index contributed by atoms with van der Waals surface area (Å²) in [6.45, 7) is 0.386. The Morgan fingerprint density at radius 3 is 1.20 bits per heavy atom. The SMILES string of the molecule is O.Oc1cc(O)cc(COCc2cc(O)cc(O)c2)c1. The zero-order valence-corrected chi connectivity index (χ0v) is 10.6. The summed E-state index contributed by atoms with van der Waals surface area (Å²) in [4.78, 5) is 0. The molecule has 2 aromatic rings. The molecule has 2 aromatic carbocycles. The van der Waals surface area contributed by atoms with Gasteiger partial charge in [0.15, 0.2) is 0 Å². The van der Waals surface area contributed by atoms with Crippen LogP contribution in [-0.2, 0) is 18.0 Å². The lowest BCUT2D eigenvalue weighted by atomic mass is 10.2. The van der Waals surface area contributed by atoms with Gasteiger partial charge in [0.1, 0.15) is 23.0 Å². The van der Waals surface area contributed by atoms with Gasteiger partial charge in [-0.3, -0.25) is 0 Å². The first-order chi connectivity index (χ1) is 9.02. The van der Waals surface area contributed by atoms with E-state index in [0.29, 0.717) is 11.1 Å². The predicted molar refractivity (Wildman–Crippen MR) is 71.7 cm³/mol. The van der Waals surface area contributed by atoms with Gasteiger partial charge in [-0.05, 0) is 35.4 Å². The molecule has 6 N–H and O–H groups in total. The van der Waals surface area contributed by atoms with Gasteiger partial charge in [-0.15, -0.1) is 0 Å². The molecule has 6 heteroatoms. The molecule has 0 heterocycles. The van der Waals surface area contributed by atoms with E-state index in [9.17, 15) is 20.4 Å². The van der Waals surface area contributed by atoms with Gasteiger partial charge in [0.25, 0.3) is 0 Å². The summed E-state index contributed by atoms with van der Waals surface area (Å²) in [7, 11) is 0.